The molecule has 29 heavy (non-hydrogen) atoms. The lowest BCUT2D eigenvalue weighted by Gasteiger charge is -2.33. The molecule has 1 aromatic carbocycles. The Balaban J connectivity index is 2.72. The van der Waals surface area contributed by atoms with Gasteiger partial charge in [-0.2, -0.15) is 0 Å². The summed E-state index contributed by atoms with van der Waals surface area (Å²) in [6.45, 7) is 12.1. The smallest absolute Gasteiger partial charge is 0.410 e. The number of carbonyl (C=O) groups is 1. The Labute approximate surface area is 171 Å². The summed E-state index contributed by atoms with van der Waals surface area (Å²) in [4.78, 5) is 32.0. The molecule has 8 heteroatoms. The molecule has 160 valence electrons. The van der Waals surface area contributed by atoms with E-state index in [9.17, 15) is 14.0 Å². The first-order chi connectivity index (χ1) is 13.6. The third kappa shape index (κ3) is 4.68. The predicted octanol–water partition coefficient (Wildman–Crippen LogP) is 3.83. The fourth-order valence-electron chi connectivity index (χ4n) is 3.28. The third-order valence-corrected chi connectivity index (χ3v) is 4.70. The van der Waals surface area contributed by atoms with E-state index in [4.69, 9.17) is 4.74 Å². The summed E-state index contributed by atoms with van der Waals surface area (Å²) < 4.78 is 21.3. The van der Waals surface area contributed by atoms with Crippen LogP contribution in [0.5, 0.6) is 0 Å². The Morgan fingerprint density at radius 2 is 1.86 bits per heavy atom. The van der Waals surface area contributed by atoms with Crippen LogP contribution in [0.2, 0.25) is 0 Å². The number of ether oxygens (including phenoxy) is 1. The Morgan fingerprint density at radius 1 is 1.24 bits per heavy atom. The highest BCUT2D eigenvalue weighted by molar-refractivity contribution is 5.78. The summed E-state index contributed by atoms with van der Waals surface area (Å²) in [5, 5.41) is 1.72. The number of nitrogens with zero attached hydrogens (tertiary/aromatic N) is 4. The van der Waals surface area contributed by atoms with Crippen molar-refractivity contribution in [2.75, 3.05) is 25.1 Å². The van der Waals surface area contributed by atoms with Crippen molar-refractivity contribution in [3.63, 3.8) is 0 Å². The van der Waals surface area contributed by atoms with Gasteiger partial charge in [-0.05, 0) is 53.2 Å². The van der Waals surface area contributed by atoms with Gasteiger partial charge in [0.1, 0.15) is 16.8 Å². The SMILES string of the molecule is CC[C@@H](c1nc2cccc(F)c2c(=O)n1N(CC)CC)N(C)C(=O)OC(C)(C)C. The van der Waals surface area contributed by atoms with Gasteiger partial charge in [-0.1, -0.05) is 13.0 Å². The maximum absolute atomic E-state index is 14.4. The monoisotopic (exact) mass is 406 g/mol. The molecule has 1 aromatic heterocycles. The first-order valence-corrected chi connectivity index (χ1v) is 9.97. The molecule has 0 aliphatic rings. The van der Waals surface area contributed by atoms with E-state index < -0.39 is 29.1 Å². The number of halogens is 1. The van der Waals surface area contributed by atoms with Crippen molar-refractivity contribution in [3.8, 4) is 0 Å². The molecule has 0 fully saturated rings. The van der Waals surface area contributed by atoms with Crippen molar-refractivity contribution in [3.05, 3.63) is 40.2 Å². The van der Waals surface area contributed by atoms with Crippen LogP contribution in [-0.2, 0) is 4.74 Å². The van der Waals surface area contributed by atoms with Gasteiger partial charge < -0.3 is 14.6 Å². The Morgan fingerprint density at radius 3 is 2.38 bits per heavy atom. The zero-order valence-electron chi connectivity index (χ0n) is 18.3. The molecule has 1 amide bonds. The van der Waals surface area contributed by atoms with E-state index >= 15 is 0 Å². The maximum atomic E-state index is 14.4. The molecule has 1 atom stereocenters. The predicted molar refractivity (Wildman–Crippen MR) is 112 cm³/mol. The normalized spacial score (nSPS) is 12.7. The molecule has 0 N–H and O–H groups in total. The van der Waals surface area contributed by atoms with Crippen molar-refractivity contribution in [2.24, 2.45) is 0 Å². The number of amides is 1. The molecular weight excluding hydrogens is 375 g/mol. The van der Waals surface area contributed by atoms with Gasteiger partial charge >= 0.3 is 6.09 Å². The van der Waals surface area contributed by atoms with Crippen molar-refractivity contribution < 1.29 is 13.9 Å². The lowest BCUT2D eigenvalue weighted by molar-refractivity contribution is 0.0204. The van der Waals surface area contributed by atoms with E-state index in [0.29, 0.717) is 25.3 Å². The van der Waals surface area contributed by atoms with Gasteiger partial charge in [0, 0.05) is 20.1 Å². The van der Waals surface area contributed by atoms with Crippen molar-refractivity contribution >= 4 is 17.0 Å². The number of hydrogen-bond acceptors (Lipinski definition) is 5. The van der Waals surface area contributed by atoms with Crippen molar-refractivity contribution in [2.45, 2.75) is 59.6 Å². The molecule has 0 bridgehead atoms. The van der Waals surface area contributed by atoms with Crippen molar-refractivity contribution in [1.29, 1.82) is 0 Å². The summed E-state index contributed by atoms with van der Waals surface area (Å²) in [5.74, 6) is -0.228. The second-order valence-electron chi connectivity index (χ2n) is 7.88. The fourth-order valence-corrected chi connectivity index (χ4v) is 3.28. The maximum Gasteiger partial charge on any atom is 0.410 e. The highest BCUT2D eigenvalue weighted by Crippen LogP contribution is 2.25. The van der Waals surface area contributed by atoms with Gasteiger partial charge in [-0.15, -0.1) is 0 Å². The quantitative estimate of drug-likeness (QED) is 0.729. The molecule has 0 radical (unpaired) electrons. The van der Waals surface area contributed by atoms with Crippen LogP contribution < -0.4 is 10.6 Å². The van der Waals surface area contributed by atoms with Crippen LogP contribution in [0.25, 0.3) is 10.9 Å². The molecule has 0 spiro atoms. The van der Waals surface area contributed by atoms with E-state index in [0.717, 1.165) is 0 Å². The van der Waals surface area contributed by atoms with Gasteiger partial charge in [0.25, 0.3) is 5.56 Å². The lowest BCUT2D eigenvalue weighted by Crippen LogP contribution is -2.47. The molecule has 2 rings (SSSR count). The molecule has 0 aliphatic heterocycles. The fraction of sp³-hybridized carbons (Fsp3) is 0.571. The molecule has 0 aliphatic carbocycles. The number of fused-ring (bicyclic) bond motifs is 1. The largest absolute Gasteiger partial charge is 0.444 e. The zero-order valence-corrected chi connectivity index (χ0v) is 18.3. The number of benzene rings is 1. The average Bonchev–Trinajstić information content (AvgIpc) is 2.63. The van der Waals surface area contributed by atoms with E-state index in [2.05, 4.69) is 4.98 Å². The van der Waals surface area contributed by atoms with Gasteiger partial charge in [0.05, 0.1) is 11.6 Å². The van der Waals surface area contributed by atoms with Crippen LogP contribution >= 0.6 is 0 Å². The summed E-state index contributed by atoms with van der Waals surface area (Å²) in [6.07, 6.45) is -0.00591. The van der Waals surface area contributed by atoms with E-state index in [1.54, 1.807) is 38.9 Å². The summed E-state index contributed by atoms with van der Waals surface area (Å²) >= 11 is 0. The minimum atomic E-state index is -0.651. The van der Waals surface area contributed by atoms with Gasteiger partial charge in [-0.3, -0.25) is 4.79 Å². The molecule has 0 saturated carbocycles. The van der Waals surface area contributed by atoms with Gasteiger partial charge in [0.2, 0.25) is 0 Å². The number of carbonyl (C=O) groups excluding carboxylic acids is 1. The Hall–Kier alpha value is -2.64. The highest BCUT2D eigenvalue weighted by atomic mass is 19.1. The van der Waals surface area contributed by atoms with E-state index in [-0.39, 0.29) is 10.9 Å². The van der Waals surface area contributed by atoms with Crippen LogP contribution in [-0.4, -0.2) is 46.4 Å². The van der Waals surface area contributed by atoms with Crippen LogP contribution in [0, 0.1) is 5.82 Å². The molecule has 7 nitrogen and oxygen atoms in total. The average molecular weight is 407 g/mol. The topological polar surface area (TPSA) is 67.7 Å². The molecular formula is C21H31FN4O3. The molecule has 0 saturated heterocycles. The van der Waals surface area contributed by atoms with Gasteiger partial charge in [0.15, 0.2) is 5.82 Å². The Bertz CT molecular complexity index is 932. The van der Waals surface area contributed by atoms with Crippen LogP contribution in [0.15, 0.2) is 23.0 Å². The molecule has 1 heterocycles. The highest BCUT2D eigenvalue weighted by Gasteiger charge is 2.30. The van der Waals surface area contributed by atoms with Crippen LogP contribution in [0.4, 0.5) is 9.18 Å². The zero-order chi connectivity index (χ0) is 21.9. The number of hydrogen-bond donors (Lipinski definition) is 0. The van der Waals surface area contributed by atoms with Gasteiger partial charge in [-0.25, -0.2) is 18.8 Å². The summed E-state index contributed by atoms with van der Waals surface area (Å²) in [6, 6.07) is 3.86. The van der Waals surface area contributed by atoms with E-state index in [1.165, 1.54) is 21.7 Å². The number of aromatic nitrogens is 2. The number of rotatable bonds is 6. The molecule has 0 unspecified atom stereocenters. The first-order valence-electron chi connectivity index (χ1n) is 9.97. The van der Waals surface area contributed by atoms with Crippen LogP contribution in [0.1, 0.15) is 59.8 Å². The van der Waals surface area contributed by atoms with E-state index in [1.807, 2.05) is 20.8 Å². The third-order valence-electron chi connectivity index (χ3n) is 4.70. The first kappa shape index (κ1) is 22.6. The Kier molecular flexibility index (Phi) is 6.87. The second-order valence-corrected chi connectivity index (χ2v) is 7.88. The summed E-state index contributed by atoms with van der Waals surface area (Å²) in [5.41, 5.74) is -0.866. The van der Waals surface area contributed by atoms with Crippen molar-refractivity contribution in [1.82, 2.24) is 14.6 Å². The van der Waals surface area contributed by atoms with Crippen LogP contribution in [0.3, 0.4) is 0 Å². The second kappa shape index (κ2) is 8.80. The minimum Gasteiger partial charge on any atom is -0.444 e. The molecule has 2 aromatic rings. The summed E-state index contributed by atoms with van der Waals surface area (Å²) in [7, 11) is 1.62. The minimum absolute atomic E-state index is 0.0575. The lowest BCUT2D eigenvalue weighted by atomic mass is 10.1. The standard InChI is InChI=1S/C21H31FN4O3/c1-8-16(24(7)20(28)29-21(4,5)6)18-23-15-13-11-12-14(22)17(15)19(27)26(18)25(9-2)10-3/h11-13,16H,8-10H2,1-7H3/t16-/m0/s1.